The van der Waals surface area contributed by atoms with E-state index in [9.17, 15) is 8.76 Å². The van der Waals surface area contributed by atoms with Crippen molar-refractivity contribution < 1.29 is 13.5 Å². The van der Waals surface area contributed by atoms with Gasteiger partial charge in [-0.2, -0.15) is 0 Å². The van der Waals surface area contributed by atoms with E-state index in [0.717, 1.165) is 31.8 Å². The van der Waals surface area contributed by atoms with E-state index >= 15 is 0 Å². The lowest BCUT2D eigenvalue weighted by Gasteiger charge is -2.19. The van der Waals surface area contributed by atoms with E-state index < -0.39 is 11.1 Å². The van der Waals surface area contributed by atoms with E-state index in [1.54, 1.807) is 12.1 Å². The molecule has 1 atom stereocenters. The summed E-state index contributed by atoms with van der Waals surface area (Å²) in [5.41, 5.74) is 0.785. The van der Waals surface area contributed by atoms with E-state index in [2.05, 4.69) is 11.8 Å². The molecule has 1 unspecified atom stereocenters. The Morgan fingerprint density at radius 2 is 2.10 bits per heavy atom. The van der Waals surface area contributed by atoms with Gasteiger partial charge in [-0.1, -0.05) is 37.3 Å². The fourth-order valence-electron chi connectivity index (χ4n) is 1.90. The molecule has 0 saturated heterocycles. The Morgan fingerprint density at radius 1 is 1.38 bits per heavy atom. The second-order valence-electron chi connectivity index (χ2n) is 5.00. The molecule has 0 aliphatic heterocycles. The van der Waals surface area contributed by atoms with E-state index in [1.165, 1.54) is 0 Å². The first-order chi connectivity index (χ1) is 10.0. The van der Waals surface area contributed by atoms with Crippen LogP contribution in [-0.4, -0.2) is 46.0 Å². The van der Waals surface area contributed by atoms with Gasteiger partial charge in [-0.15, -0.1) is 0 Å². The van der Waals surface area contributed by atoms with E-state index in [-0.39, 0.29) is 6.10 Å². The Labute approximate surface area is 130 Å². The summed E-state index contributed by atoms with van der Waals surface area (Å²) in [6, 6.07) is 7.15. The number of rotatable bonds is 9. The van der Waals surface area contributed by atoms with Crippen LogP contribution in [0.4, 0.5) is 0 Å². The van der Waals surface area contributed by atoms with Crippen LogP contribution in [0.3, 0.4) is 0 Å². The van der Waals surface area contributed by atoms with Crippen molar-refractivity contribution in [1.82, 2.24) is 4.90 Å². The first-order valence-corrected chi connectivity index (χ1v) is 8.35. The fraction of sp³-hybridized carbons (Fsp3) is 0.500. The summed E-state index contributed by atoms with van der Waals surface area (Å²) >= 11 is -1.95. The van der Waals surface area contributed by atoms with Crippen molar-refractivity contribution in [2.45, 2.75) is 31.8 Å². The molecule has 0 aliphatic carbocycles. The summed E-state index contributed by atoms with van der Waals surface area (Å²) in [5, 5.41) is 0. The monoisotopic (exact) mass is 311 g/mol. The van der Waals surface area contributed by atoms with Crippen molar-refractivity contribution >= 4 is 17.2 Å². The number of hydrogen-bond acceptors (Lipinski definition) is 3. The van der Waals surface area contributed by atoms with Gasteiger partial charge in [0.15, 0.2) is 11.1 Å². The quantitative estimate of drug-likeness (QED) is 0.712. The summed E-state index contributed by atoms with van der Waals surface area (Å²) in [6.07, 6.45) is 4.17. The summed E-state index contributed by atoms with van der Waals surface area (Å²) in [5.74, 6) is 0. The molecule has 1 rings (SSSR count). The maximum absolute atomic E-state index is 11.2. The van der Waals surface area contributed by atoms with Crippen LogP contribution in [0.5, 0.6) is 0 Å². The van der Waals surface area contributed by atoms with Gasteiger partial charge in [0.05, 0.1) is 17.6 Å². The zero-order chi connectivity index (χ0) is 15.7. The van der Waals surface area contributed by atoms with Gasteiger partial charge in [0.2, 0.25) is 0 Å². The largest absolute Gasteiger partial charge is 0.377 e. The van der Waals surface area contributed by atoms with E-state index in [4.69, 9.17) is 4.74 Å². The Kier molecular flexibility index (Phi) is 8.45. The van der Waals surface area contributed by atoms with Crippen molar-refractivity contribution in [3.05, 3.63) is 35.9 Å². The molecule has 0 saturated carbocycles. The molecule has 0 aromatic heterocycles. The number of ether oxygens (including phenoxy) is 1. The Morgan fingerprint density at radius 3 is 2.71 bits per heavy atom. The first-order valence-electron chi connectivity index (χ1n) is 7.25. The summed E-state index contributed by atoms with van der Waals surface area (Å²) < 4.78 is 26.0. The molecule has 21 heavy (non-hydrogen) atoms. The van der Waals surface area contributed by atoms with Crippen molar-refractivity contribution in [2.75, 3.05) is 26.2 Å². The Hall–Kier alpha value is -1.01. The molecule has 0 radical (unpaired) electrons. The van der Waals surface area contributed by atoms with Crippen LogP contribution < -0.4 is 0 Å². The van der Waals surface area contributed by atoms with Gasteiger partial charge < -0.3 is 9.29 Å². The first kappa shape index (κ1) is 18.0. The van der Waals surface area contributed by atoms with Crippen LogP contribution >= 0.6 is 0 Å². The van der Waals surface area contributed by atoms with Crippen LogP contribution in [0, 0.1) is 0 Å². The molecule has 1 aromatic carbocycles. The SMILES string of the molecule is CCN(C/C=C\c1ccccc1S(=O)O)CCOC(C)C. The maximum atomic E-state index is 11.2. The van der Waals surface area contributed by atoms with Crippen LogP contribution in [0.25, 0.3) is 6.08 Å². The number of hydrogen-bond donors (Lipinski definition) is 1. The summed E-state index contributed by atoms with van der Waals surface area (Å²) in [6.45, 7) is 9.51. The molecular formula is C16H25NO3S. The van der Waals surface area contributed by atoms with Gasteiger partial charge in [-0.3, -0.25) is 4.90 Å². The molecule has 1 N–H and O–H groups in total. The third-order valence-electron chi connectivity index (χ3n) is 3.07. The average molecular weight is 311 g/mol. The highest BCUT2D eigenvalue weighted by Gasteiger charge is 2.04. The minimum absolute atomic E-state index is 0.255. The highest BCUT2D eigenvalue weighted by atomic mass is 32.2. The molecule has 0 fully saturated rings. The van der Waals surface area contributed by atoms with Crippen molar-refractivity contribution in [3.63, 3.8) is 0 Å². The zero-order valence-electron chi connectivity index (χ0n) is 13.0. The van der Waals surface area contributed by atoms with Gasteiger partial charge >= 0.3 is 0 Å². The lowest BCUT2D eigenvalue weighted by atomic mass is 10.2. The molecule has 4 nitrogen and oxygen atoms in total. The fourth-order valence-corrected chi connectivity index (χ4v) is 2.43. The second kappa shape index (κ2) is 9.84. The zero-order valence-corrected chi connectivity index (χ0v) is 13.8. The smallest absolute Gasteiger partial charge is 0.187 e. The normalized spacial score (nSPS) is 13.4. The summed E-state index contributed by atoms with van der Waals surface area (Å²) in [4.78, 5) is 2.71. The molecule has 1 aromatic rings. The van der Waals surface area contributed by atoms with Crippen LogP contribution in [-0.2, 0) is 15.8 Å². The van der Waals surface area contributed by atoms with Crippen molar-refractivity contribution in [3.8, 4) is 0 Å². The molecule has 0 bridgehead atoms. The average Bonchev–Trinajstić information content (AvgIpc) is 2.45. The Balaban J connectivity index is 2.54. The highest BCUT2D eigenvalue weighted by molar-refractivity contribution is 7.79. The molecule has 5 heteroatoms. The second-order valence-corrected chi connectivity index (χ2v) is 5.94. The van der Waals surface area contributed by atoms with Crippen LogP contribution in [0.1, 0.15) is 26.3 Å². The lowest BCUT2D eigenvalue weighted by Crippen LogP contribution is -2.28. The van der Waals surface area contributed by atoms with Gasteiger partial charge in [-0.25, -0.2) is 4.21 Å². The number of benzene rings is 1. The summed E-state index contributed by atoms with van der Waals surface area (Å²) in [7, 11) is 0. The Bertz CT molecular complexity index is 474. The van der Waals surface area contributed by atoms with E-state index in [0.29, 0.717) is 4.90 Å². The standard InChI is InChI=1S/C16H25NO3S/c1-4-17(12-13-20-14(2)3)11-7-9-15-8-5-6-10-16(15)21(18)19/h5-10,14H,4,11-13H2,1-3H3,(H,18,19)/b9-7-. The van der Waals surface area contributed by atoms with Gasteiger partial charge in [-0.05, 0) is 32.0 Å². The molecule has 0 amide bonds. The molecule has 0 heterocycles. The molecule has 118 valence electrons. The molecule has 0 spiro atoms. The van der Waals surface area contributed by atoms with Crippen LogP contribution in [0.2, 0.25) is 0 Å². The van der Waals surface area contributed by atoms with Gasteiger partial charge in [0.25, 0.3) is 0 Å². The highest BCUT2D eigenvalue weighted by Crippen LogP contribution is 2.13. The van der Waals surface area contributed by atoms with Crippen molar-refractivity contribution in [1.29, 1.82) is 0 Å². The van der Waals surface area contributed by atoms with Gasteiger partial charge in [0.1, 0.15) is 0 Å². The van der Waals surface area contributed by atoms with E-state index in [1.807, 2.05) is 38.1 Å². The maximum Gasteiger partial charge on any atom is 0.187 e. The predicted molar refractivity (Wildman–Crippen MR) is 87.7 cm³/mol. The third-order valence-corrected chi connectivity index (χ3v) is 3.82. The van der Waals surface area contributed by atoms with Crippen molar-refractivity contribution in [2.24, 2.45) is 0 Å². The lowest BCUT2D eigenvalue weighted by molar-refractivity contribution is 0.0622. The van der Waals surface area contributed by atoms with Crippen LogP contribution in [0.15, 0.2) is 35.2 Å². The minimum atomic E-state index is -1.95. The third kappa shape index (κ3) is 7.00. The molecular weight excluding hydrogens is 286 g/mol. The molecule has 0 aliphatic rings. The minimum Gasteiger partial charge on any atom is -0.377 e. The topological polar surface area (TPSA) is 49.8 Å². The predicted octanol–water partition coefficient (Wildman–Crippen LogP) is 3.03. The number of likely N-dealkylation sites (N-methyl/N-ethyl adjacent to an activating group) is 1. The van der Waals surface area contributed by atoms with Gasteiger partial charge in [0, 0.05) is 13.1 Å². The number of nitrogens with zero attached hydrogens (tertiary/aromatic N) is 1.